The highest BCUT2D eigenvalue weighted by Crippen LogP contribution is 2.26. The van der Waals surface area contributed by atoms with Crippen LogP contribution in [0.5, 0.6) is 5.75 Å². The Bertz CT molecular complexity index is 673. The second-order valence-corrected chi connectivity index (χ2v) is 4.81. The van der Waals surface area contributed by atoms with Crippen molar-refractivity contribution in [3.05, 3.63) is 53.8 Å². The van der Waals surface area contributed by atoms with Gasteiger partial charge in [-0.15, -0.1) is 0 Å². The molecule has 2 amide bonds. The maximum atomic E-state index is 13.7. The molecule has 22 heavy (non-hydrogen) atoms. The molecule has 0 saturated heterocycles. The summed E-state index contributed by atoms with van der Waals surface area (Å²) in [6, 6.07) is 11.2. The van der Waals surface area contributed by atoms with Crippen LogP contribution in [0.25, 0.3) is 0 Å². The lowest BCUT2D eigenvalue weighted by Crippen LogP contribution is -2.35. The van der Waals surface area contributed by atoms with Crippen molar-refractivity contribution in [2.45, 2.75) is 13.8 Å². The lowest BCUT2D eigenvalue weighted by Gasteiger charge is -2.24. The van der Waals surface area contributed by atoms with Crippen LogP contribution < -0.4 is 15.0 Å². The van der Waals surface area contributed by atoms with E-state index in [2.05, 4.69) is 5.32 Å². The van der Waals surface area contributed by atoms with Crippen molar-refractivity contribution in [3.63, 3.8) is 0 Å². The molecule has 4 nitrogen and oxygen atoms in total. The van der Waals surface area contributed by atoms with Crippen molar-refractivity contribution < 1.29 is 13.9 Å². The predicted octanol–water partition coefficient (Wildman–Crippen LogP) is 4.20. The second kappa shape index (κ2) is 6.93. The van der Waals surface area contributed by atoms with Crippen molar-refractivity contribution in [3.8, 4) is 5.75 Å². The lowest BCUT2D eigenvalue weighted by molar-refractivity contribution is 0.257. The Kier molecular flexibility index (Phi) is 4.99. The zero-order chi connectivity index (χ0) is 16.1. The molecule has 2 aromatic carbocycles. The summed E-state index contributed by atoms with van der Waals surface area (Å²) in [6.45, 7) is 4.22. The van der Waals surface area contributed by atoms with E-state index in [-0.39, 0.29) is 11.7 Å². The number of rotatable bonds is 4. The minimum absolute atomic E-state index is 0.159. The standard InChI is InChI=1S/C17H19FN2O2/c1-4-20(16-11-13(22-3)10-9-12(16)2)17(21)19-15-8-6-5-7-14(15)18/h5-11H,4H2,1-3H3,(H,19,21). The molecule has 0 saturated carbocycles. The fourth-order valence-electron chi connectivity index (χ4n) is 2.18. The van der Waals surface area contributed by atoms with E-state index < -0.39 is 5.82 Å². The number of amides is 2. The van der Waals surface area contributed by atoms with Gasteiger partial charge in [-0.3, -0.25) is 4.90 Å². The third-order valence-electron chi connectivity index (χ3n) is 3.38. The van der Waals surface area contributed by atoms with Crippen molar-refractivity contribution in [1.29, 1.82) is 0 Å². The minimum atomic E-state index is -0.464. The Balaban J connectivity index is 2.28. The molecule has 0 unspecified atom stereocenters. The molecule has 116 valence electrons. The van der Waals surface area contributed by atoms with Gasteiger partial charge in [-0.2, -0.15) is 0 Å². The Hall–Kier alpha value is -2.56. The Morgan fingerprint density at radius 3 is 2.64 bits per heavy atom. The van der Waals surface area contributed by atoms with Gasteiger partial charge in [0, 0.05) is 12.6 Å². The van der Waals surface area contributed by atoms with E-state index in [9.17, 15) is 9.18 Å². The predicted molar refractivity (Wildman–Crippen MR) is 86.2 cm³/mol. The number of nitrogens with one attached hydrogen (secondary N) is 1. The molecule has 0 atom stereocenters. The van der Waals surface area contributed by atoms with Crippen molar-refractivity contribution >= 4 is 17.4 Å². The molecule has 0 heterocycles. The van der Waals surface area contributed by atoms with Crippen molar-refractivity contribution in [2.24, 2.45) is 0 Å². The minimum Gasteiger partial charge on any atom is -0.497 e. The third-order valence-corrected chi connectivity index (χ3v) is 3.38. The Labute approximate surface area is 129 Å². The summed E-state index contributed by atoms with van der Waals surface area (Å²) in [5, 5.41) is 2.60. The number of anilines is 2. The third kappa shape index (κ3) is 3.36. The number of halogens is 1. The number of urea groups is 1. The van der Waals surface area contributed by atoms with Crippen LogP contribution in [0, 0.1) is 12.7 Å². The largest absolute Gasteiger partial charge is 0.497 e. The van der Waals surface area contributed by atoms with Gasteiger partial charge < -0.3 is 10.1 Å². The molecule has 0 aromatic heterocycles. The SMILES string of the molecule is CCN(C(=O)Nc1ccccc1F)c1cc(OC)ccc1C. The lowest BCUT2D eigenvalue weighted by atomic mass is 10.1. The molecule has 0 aliphatic heterocycles. The summed E-state index contributed by atoms with van der Waals surface area (Å²) in [5.41, 5.74) is 1.83. The van der Waals surface area contributed by atoms with Gasteiger partial charge in [0.15, 0.2) is 0 Å². The normalized spacial score (nSPS) is 10.2. The topological polar surface area (TPSA) is 41.6 Å². The van der Waals surface area contributed by atoms with Crippen LogP contribution in [0.3, 0.4) is 0 Å². The molecule has 0 spiro atoms. The first kappa shape index (κ1) is 15.8. The number of ether oxygens (including phenoxy) is 1. The van der Waals surface area contributed by atoms with Gasteiger partial charge in [0.25, 0.3) is 0 Å². The average molecular weight is 302 g/mol. The summed E-state index contributed by atoms with van der Waals surface area (Å²) in [6.07, 6.45) is 0. The van der Waals surface area contributed by atoms with E-state index in [1.807, 2.05) is 26.0 Å². The highest BCUT2D eigenvalue weighted by Gasteiger charge is 2.17. The smallest absolute Gasteiger partial charge is 0.326 e. The monoisotopic (exact) mass is 302 g/mol. The number of carbonyl (C=O) groups excluding carboxylic acids is 1. The zero-order valence-corrected chi connectivity index (χ0v) is 12.9. The number of carbonyl (C=O) groups is 1. The summed E-state index contributed by atoms with van der Waals surface area (Å²) in [4.78, 5) is 14.0. The Morgan fingerprint density at radius 2 is 2.00 bits per heavy atom. The summed E-state index contributed by atoms with van der Waals surface area (Å²) >= 11 is 0. The number of methoxy groups -OCH3 is 1. The number of para-hydroxylation sites is 1. The number of hydrogen-bond donors (Lipinski definition) is 1. The van der Waals surface area contributed by atoms with Crippen LogP contribution in [0.2, 0.25) is 0 Å². The first-order chi connectivity index (χ1) is 10.6. The van der Waals surface area contributed by atoms with Crippen LogP contribution in [-0.4, -0.2) is 19.7 Å². The van der Waals surface area contributed by atoms with Gasteiger partial charge in [0.1, 0.15) is 11.6 Å². The number of hydrogen-bond acceptors (Lipinski definition) is 2. The Morgan fingerprint density at radius 1 is 1.27 bits per heavy atom. The molecule has 0 aliphatic rings. The molecule has 0 fully saturated rings. The molecule has 2 rings (SSSR count). The average Bonchev–Trinajstić information content (AvgIpc) is 2.52. The molecule has 5 heteroatoms. The maximum Gasteiger partial charge on any atom is 0.326 e. The zero-order valence-electron chi connectivity index (χ0n) is 12.9. The van der Waals surface area contributed by atoms with Gasteiger partial charge in [-0.1, -0.05) is 18.2 Å². The van der Waals surface area contributed by atoms with Gasteiger partial charge >= 0.3 is 6.03 Å². The highest BCUT2D eigenvalue weighted by atomic mass is 19.1. The van der Waals surface area contributed by atoms with Gasteiger partial charge in [0.05, 0.1) is 18.5 Å². The fraction of sp³-hybridized carbons (Fsp3) is 0.235. The molecule has 0 aliphatic carbocycles. The maximum absolute atomic E-state index is 13.7. The van der Waals surface area contributed by atoms with Gasteiger partial charge in [0.2, 0.25) is 0 Å². The molecule has 2 aromatic rings. The van der Waals surface area contributed by atoms with Crippen molar-refractivity contribution in [1.82, 2.24) is 0 Å². The second-order valence-electron chi connectivity index (χ2n) is 4.81. The van der Waals surface area contributed by atoms with Crippen LogP contribution in [0.1, 0.15) is 12.5 Å². The summed E-state index contributed by atoms with van der Waals surface area (Å²) < 4.78 is 18.9. The van der Waals surface area contributed by atoms with Crippen LogP contribution in [0.4, 0.5) is 20.6 Å². The van der Waals surface area contributed by atoms with E-state index in [4.69, 9.17) is 4.74 Å². The van der Waals surface area contributed by atoms with Gasteiger partial charge in [-0.05, 0) is 37.6 Å². The molecular formula is C17H19FN2O2. The number of aryl methyl sites for hydroxylation is 1. The highest BCUT2D eigenvalue weighted by molar-refractivity contribution is 6.02. The van der Waals surface area contributed by atoms with E-state index in [0.29, 0.717) is 12.3 Å². The van der Waals surface area contributed by atoms with Crippen LogP contribution in [-0.2, 0) is 0 Å². The van der Waals surface area contributed by atoms with E-state index in [0.717, 1.165) is 11.3 Å². The quantitative estimate of drug-likeness (QED) is 0.919. The molecular weight excluding hydrogens is 283 g/mol. The molecule has 0 radical (unpaired) electrons. The van der Waals surface area contributed by atoms with Crippen LogP contribution in [0.15, 0.2) is 42.5 Å². The fourth-order valence-corrected chi connectivity index (χ4v) is 2.18. The molecule has 0 bridgehead atoms. The van der Waals surface area contributed by atoms with E-state index in [1.54, 1.807) is 30.2 Å². The number of nitrogens with zero attached hydrogens (tertiary/aromatic N) is 1. The first-order valence-corrected chi connectivity index (χ1v) is 7.04. The number of benzene rings is 2. The summed E-state index contributed by atoms with van der Waals surface area (Å²) in [5.74, 6) is 0.201. The van der Waals surface area contributed by atoms with Crippen molar-refractivity contribution in [2.75, 3.05) is 23.9 Å². The van der Waals surface area contributed by atoms with Gasteiger partial charge in [-0.25, -0.2) is 9.18 Å². The van der Waals surface area contributed by atoms with E-state index >= 15 is 0 Å². The first-order valence-electron chi connectivity index (χ1n) is 7.04. The van der Waals surface area contributed by atoms with E-state index in [1.165, 1.54) is 12.1 Å². The van der Waals surface area contributed by atoms with Crippen LogP contribution >= 0.6 is 0 Å². The summed E-state index contributed by atoms with van der Waals surface area (Å²) in [7, 11) is 1.57. The molecule has 1 N–H and O–H groups in total.